The van der Waals surface area contributed by atoms with Gasteiger partial charge in [0, 0.05) is 11.4 Å². The minimum Gasteiger partial charge on any atom is -0.466 e. The van der Waals surface area contributed by atoms with E-state index in [2.05, 4.69) is 15.5 Å². The average Bonchev–Trinajstić information content (AvgIpc) is 2.94. The Labute approximate surface area is 140 Å². The lowest BCUT2D eigenvalue weighted by atomic mass is 10.2. The maximum Gasteiger partial charge on any atom is 0.311 e. The maximum atomic E-state index is 13.5. The summed E-state index contributed by atoms with van der Waals surface area (Å²) in [5, 5.41) is 16.6. The number of esters is 1. The highest BCUT2D eigenvalue weighted by Crippen LogP contribution is 2.18. The molecule has 0 saturated carbocycles. The lowest BCUT2D eigenvalue weighted by Gasteiger charge is -1.98. The van der Waals surface area contributed by atoms with E-state index in [0.29, 0.717) is 23.0 Å². The number of hydrazone groups is 1. The number of halogens is 1. The molecule has 2 aromatic rings. The zero-order valence-corrected chi connectivity index (χ0v) is 13.4. The molecule has 0 spiro atoms. The van der Waals surface area contributed by atoms with Crippen LogP contribution >= 0.6 is 11.3 Å². The van der Waals surface area contributed by atoms with E-state index in [1.54, 1.807) is 12.3 Å². The largest absolute Gasteiger partial charge is 0.466 e. The number of nitrogens with one attached hydrogen (secondary N) is 1. The summed E-state index contributed by atoms with van der Waals surface area (Å²) in [5.41, 5.74) is 2.96. The van der Waals surface area contributed by atoms with E-state index >= 15 is 0 Å². The highest BCUT2D eigenvalue weighted by molar-refractivity contribution is 7.13. The molecule has 0 atom stereocenters. The lowest BCUT2D eigenvalue weighted by Crippen LogP contribution is -2.07. The Morgan fingerprint density at radius 1 is 1.58 bits per heavy atom. The molecule has 2 rings (SSSR count). The number of thiazole rings is 1. The highest BCUT2D eigenvalue weighted by atomic mass is 32.1. The number of anilines is 1. The molecule has 1 heterocycles. The van der Waals surface area contributed by atoms with Gasteiger partial charge in [0.2, 0.25) is 10.9 Å². The number of rotatable bonds is 7. The van der Waals surface area contributed by atoms with Crippen LogP contribution in [0.1, 0.15) is 18.2 Å². The van der Waals surface area contributed by atoms with Crippen LogP contribution in [0.15, 0.2) is 28.7 Å². The molecule has 0 saturated heterocycles. The Bertz CT molecular complexity index is 778. The van der Waals surface area contributed by atoms with Gasteiger partial charge in [0.05, 0.1) is 29.9 Å². The van der Waals surface area contributed by atoms with Gasteiger partial charge in [-0.1, -0.05) is 0 Å². The second kappa shape index (κ2) is 8.11. The molecule has 0 radical (unpaired) electrons. The molecule has 24 heavy (non-hydrogen) atoms. The number of carbonyl (C=O) groups excluding carboxylic acids is 1. The van der Waals surface area contributed by atoms with Crippen LogP contribution in [0.25, 0.3) is 0 Å². The van der Waals surface area contributed by atoms with Crippen LogP contribution in [0.2, 0.25) is 0 Å². The zero-order valence-electron chi connectivity index (χ0n) is 12.6. The second-order valence-electron chi connectivity index (χ2n) is 4.46. The van der Waals surface area contributed by atoms with Gasteiger partial charge >= 0.3 is 11.7 Å². The third-order valence-electron chi connectivity index (χ3n) is 2.72. The van der Waals surface area contributed by atoms with E-state index in [9.17, 15) is 19.3 Å². The van der Waals surface area contributed by atoms with Crippen LogP contribution in [-0.2, 0) is 16.0 Å². The van der Waals surface area contributed by atoms with Crippen molar-refractivity contribution in [3.05, 3.63) is 50.8 Å². The minimum atomic E-state index is -0.935. The van der Waals surface area contributed by atoms with Crippen LogP contribution in [0.5, 0.6) is 0 Å². The maximum absolute atomic E-state index is 13.5. The number of aromatic nitrogens is 1. The van der Waals surface area contributed by atoms with Gasteiger partial charge in [0.25, 0.3) is 0 Å². The second-order valence-corrected chi connectivity index (χ2v) is 5.32. The van der Waals surface area contributed by atoms with Crippen LogP contribution in [0.3, 0.4) is 0 Å². The van der Waals surface area contributed by atoms with Crippen LogP contribution < -0.4 is 5.43 Å². The molecule has 126 valence electrons. The van der Waals surface area contributed by atoms with Crippen molar-refractivity contribution in [2.45, 2.75) is 13.3 Å². The fourth-order valence-electron chi connectivity index (χ4n) is 1.71. The van der Waals surface area contributed by atoms with E-state index in [1.807, 2.05) is 0 Å². The predicted molar refractivity (Wildman–Crippen MR) is 86.7 cm³/mol. The number of hydrogen-bond donors (Lipinski definition) is 1. The molecular weight excluding hydrogens is 339 g/mol. The Balaban J connectivity index is 1.95. The van der Waals surface area contributed by atoms with E-state index in [0.717, 1.165) is 12.1 Å². The number of nitro groups is 1. The first kappa shape index (κ1) is 17.5. The topological polar surface area (TPSA) is 107 Å². The number of hydrogen-bond acceptors (Lipinski definition) is 8. The molecule has 0 bridgehead atoms. The van der Waals surface area contributed by atoms with Crippen LogP contribution in [-0.4, -0.2) is 28.7 Å². The van der Waals surface area contributed by atoms with Crippen molar-refractivity contribution >= 4 is 34.3 Å². The Morgan fingerprint density at radius 3 is 3.04 bits per heavy atom. The number of nitrogens with zero attached hydrogens (tertiary/aromatic N) is 3. The molecule has 0 aliphatic heterocycles. The van der Waals surface area contributed by atoms with Gasteiger partial charge in [-0.3, -0.25) is 20.3 Å². The first-order chi connectivity index (χ1) is 11.5. The number of ether oxygens (including phenoxy) is 1. The standard InChI is InChI=1S/C14H13FN4O4S/c1-2-23-13(20)6-10-8-24-14(17-10)18-16-7-9-3-4-12(19(21)22)11(15)5-9/h3-5,7-8H,2,6H2,1H3,(H,17,18). The fraction of sp³-hybridized carbons (Fsp3) is 0.214. The summed E-state index contributed by atoms with van der Waals surface area (Å²) in [6.07, 6.45) is 1.38. The van der Waals surface area contributed by atoms with Gasteiger partial charge in [-0.2, -0.15) is 9.49 Å². The molecule has 0 amide bonds. The highest BCUT2D eigenvalue weighted by Gasteiger charge is 2.13. The number of carbonyl (C=O) groups is 1. The van der Waals surface area contributed by atoms with E-state index in [-0.39, 0.29) is 12.4 Å². The molecule has 1 aromatic carbocycles. The molecule has 8 nitrogen and oxygen atoms in total. The molecule has 1 N–H and O–H groups in total. The van der Waals surface area contributed by atoms with Gasteiger partial charge < -0.3 is 4.74 Å². The first-order valence-corrected chi connectivity index (χ1v) is 7.70. The summed E-state index contributed by atoms with van der Waals surface area (Å²) in [6, 6.07) is 3.45. The Morgan fingerprint density at radius 2 is 2.38 bits per heavy atom. The third-order valence-corrected chi connectivity index (χ3v) is 3.52. The summed E-state index contributed by atoms with van der Waals surface area (Å²) in [4.78, 5) is 25.2. The van der Waals surface area contributed by atoms with Crippen molar-refractivity contribution in [1.82, 2.24) is 4.98 Å². The van der Waals surface area contributed by atoms with Crippen LogP contribution in [0, 0.1) is 15.9 Å². The molecule has 1 aromatic heterocycles. The SMILES string of the molecule is CCOC(=O)Cc1csc(NN=Cc2ccc([N+](=O)[O-])c(F)c2)n1. The fourth-order valence-corrected chi connectivity index (χ4v) is 2.37. The zero-order chi connectivity index (χ0) is 17.5. The monoisotopic (exact) mass is 352 g/mol. The van der Waals surface area contributed by atoms with Crippen molar-refractivity contribution in [2.24, 2.45) is 5.10 Å². The Hall–Kier alpha value is -2.88. The summed E-state index contributed by atoms with van der Waals surface area (Å²) < 4.78 is 18.3. The van der Waals surface area contributed by atoms with E-state index in [1.165, 1.54) is 23.6 Å². The number of benzene rings is 1. The van der Waals surface area contributed by atoms with Crippen molar-refractivity contribution in [3.63, 3.8) is 0 Å². The molecule has 10 heteroatoms. The van der Waals surface area contributed by atoms with E-state index in [4.69, 9.17) is 4.74 Å². The van der Waals surface area contributed by atoms with Crippen molar-refractivity contribution in [1.29, 1.82) is 0 Å². The smallest absolute Gasteiger partial charge is 0.311 e. The summed E-state index contributed by atoms with van der Waals surface area (Å²) >= 11 is 1.25. The summed E-state index contributed by atoms with van der Waals surface area (Å²) in [5.74, 6) is -1.30. The van der Waals surface area contributed by atoms with Gasteiger partial charge in [-0.15, -0.1) is 11.3 Å². The van der Waals surface area contributed by atoms with Gasteiger partial charge in [0.15, 0.2) is 0 Å². The van der Waals surface area contributed by atoms with Crippen molar-refractivity contribution in [2.75, 3.05) is 12.0 Å². The molecule has 0 fully saturated rings. The third kappa shape index (κ3) is 4.81. The lowest BCUT2D eigenvalue weighted by molar-refractivity contribution is -0.387. The normalized spacial score (nSPS) is 10.8. The predicted octanol–water partition coefficient (Wildman–Crippen LogP) is 2.74. The van der Waals surface area contributed by atoms with Crippen molar-refractivity contribution < 1.29 is 18.8 Å². The number of nitro benzene ring substituents is 1. The molecular formula is C14H13FN4O4S. The minimum absolute atomic E-state index is 0.0727. The average molecular weight is 352 g/mol. The molecule has 0 unspecified atom stereocenters. The van der Waals surface area contributed by atoms with E-state index < -0.39 is 16.4 Å². The van der Waals surface area contributed by atoms with Gasteiger partial charge in [-0.25, -0.2) is 4.98 Å². The Kier molecular flexibility index (Phi) is 5.90. The summed E-state index contributed by atoms with van der Waals surface area (Å²) in [6.45, 7) is 2.03. The van der Waals surface area contributed by atoms with Gasteiger partial charge in [-0.05, 0) is 24.6 Å². The summed E-state index contributed by atoms with van der Waals surface area (Å²) in [7, 11) is 0. The first-order valence-electron chi connectivity index (χ1n) is 6.82. The van der Waals surface area contributed by atoms with Crippen LogP contribution in [0.4, 0.5) is 15.2 Å². The molecule has 0 aliphatic carbocycles. The van der Waals surface area contributed by atoms with Crippen molar-refractivity contribution in [3.8, 4) is 0 Å². The molecule has 0 aliphatic rings. The van der Waals surface area contributed by atoms with Gasteiger partial charge in [0.1, 0.15) is 0 Å². The quantitative estimate of drug-likeness (QED) is 0.355.